The van der Waals surface area contributed by atoms with Gasteiger partial charge in [-0.2, -0.15) is 0 Å². The molecule has 0 unspecified atom stereocenters. The van der Waals surface area contributed by atoms with Crippen LogP contribution in [0.5, 0.6) is 0 Å². The molecule has 0 aromatic carbocycles. The molecule has 5 heteroatoms. The third kappa shape index (κ3) is 2.45. The van der Waals surface area contributed by atoms with Crippen molar-refractivity contribution in [1.82, 2.24) is 0 Å². The second-order valence-corrected chi connectivity index (χ2v) is 3.03. The molecule has 0 N–H and O–H groups in total. The van der Waals surface area contributed by atoms with Gasteiger partial charge in [-0.15, -0.1) is 0 Å². The van der Waals surface area contributed by atoms with Crippen molar-refractivity contribution in [3.05, 3.63) is 33.9 Å². The van der Waals surface area contributed by atoms with E-state index < -0.39 is 11.6 Å². The maximum absolute atomic E-state index is 11.2. The minimum atomic E-state index is -0.620. The van der Waals surface area contributed by atoms with E-state index in [1.54, 1.807) is 6.92 Å². The number of rotatable bonds is 3. The highest BCUT2D eigenvalue weighted by Crippen LogP contribution is 2.03. The Labute approximate surface area is 89.0 Å². The van der Waals surface area contributed by atoms with Crippen LogP contribution in [-0.2, 0) is 10.1 Å². The molecule has 0 aliphatic heterocycles. The zero-order valence-electron chi connectivity index (χ0n) is 7.58. The molecule has 0 aliphatic rings. The molecule has 4 nitrogen and oxygen atoms in total. The summed E-state index contributed by atoms with van der Waals surface area (Å²) >= 11 is 3.12. The van der Waals surface area contributed by atoms with Crippen LogP contribution in [0.25, 0.3) is 0 Å². The van der Waals surface area contributed by atoms with E-state index in [2.05, 4.69) is 20.7 Å². The third-order valence-corrected chi connectivity index (χ3v) is 2.13. The van der Waals surface area contributed by atoms with E-state index in [0.29, 0.717) is 10.9 Å². The summed E-state index contributed by atoms with van der Waals surface area (Å²) in [7, 11) is 0. The van der Waals surface area contributed by atoms with Gasteiger partial charge in [0, 0.05) is 10.9 Å². The molecule has 0 atom stereocenters. The van der Waals surface area contributed by atoms with Crippen molar-refractivity contribution in [1.29, 1.82) is 0 Å². The monoisotopic (exact) mass is 260 g/mol. The van der Waals surface area contributed by atoms with Crippen molar-refractivity contribution in [3.63, 3.8) is 0 Å². The van der Waals surface area contributed by atoms with E-state index in [-0.39, 0.29) is 12.4 Å². The van der Waals surface area contributed by atoms with E-state index in [9.17, 15) is 9.59 Å². The Morgan fingerprint density at radius 3 is 2.79 bits per heavy atom. The molecule has 76 valence electrons. The van der Waals surface area contributed by atoms with Gasteiger partial charge in [-0.25, -0.2) is 9.59 Å². The highest BCUT2D eigenvalue weighted by Gasteiger charge is 2.11. The molecule has 1 aromatic heterocycles. The maximum Gasteiger partial charge on any atom is 0.374 e. The molecule has 1 aromatic rings. The predicted molar refractivity (Wildman–Crippen MR) is 53.6 cm³/mol. The summed E-state index contributed by atoms with van der Waals surface area (Å²) in [5, 5.41) is 0.401. The molecular weight excluding hydrogens is 252 g/mol. The van der Waals surface area contributed by atoms with Crippen molar-refractivity contribution < 1.29 is 13.9 Å². The van der Waals surface area contributed by atoms with E-state index in [1.807, 2.05) is 0 Å². The Kier molecular flexibility index (Phi) is 3.88. The highest BCUT2D eigenvalue weighted by molar-refractivity contribution is 9.08. The lowest BCUT2D eigenvalue weighted by Gasteiger charge is -2.00. The summed E-state index contributed by atoms with van der Waals surface area (Å²) in [6, 6.07) is 2.96. The third-order valence-electron chi connectivity index (χ3n) is 1.52. The first-order valence-corrected chi connectivity index (χ1v) is 5.17. The fraction of sp³-hybridized carbons (Fsp3) is 0.333. The number of hydrogen-bond donors (Lipinski definition) is 0. The fourth-order valence-corrected chi connectivity index (χ4v) is 1.27. The minimum absolute atomic E-state index is 0.0680. The van der Waals surface area contributed by atoms with Gasteiger partial charge < -0.3 is 9.15 Å². The van der Waals surface area contributed by atoms with Gasteiger partial charge in [0.2, 0.25) is 5.76 Å². The highest BCUT2D eigenvalue weighted by atomic mass is 79.9. The Hall–Kier alpha value is -1.10. The van der Waals surface area contributed by atoms with Crippen LogP contribution in [0.2, 0.25) is 0 Å². The standard InChI is InChI=1S/C9H9BrO4/c1-2-13-9(12)7-4-3-6(5-10)8(11)14-7/h3-4H,2,5H2,1H3. The van der Waals surface area contributed by atoms with Gasteiger partial charge >= 0.3 is 11.6 Å². The summed E-state index contributed by atoms with van der Waals surface area (Å²) in [4.78, 5) is 22.3. The van der Waals surface area contributed by atoms with E-state index in [0.717, 1.165) is 0 Å². The van der Waals surface area contributed by atoms with Gasteiger partial charge in [-0.3, -0.25) is 0 Å². The molecular formula is C9H9BrO4. The number of esters is 1. The minimum Gasteiger partial charge on any atom is -0.460 e. The Balaban J connectivity index is 2.97. The van der Waals surface area contributed by atoms with Crippen LogP contribution in [0.1, 0.15) is 23.0 Å². The van der Waals surface area contributed by atoms with Crippen molar-refractivity contribution in [3.8, 4) is 0 Å². The number of alkyl halides is 1. The number of carbonyl (C=O) groups is 1. The molecule has 0 saturated heterocycles. The summed E-state index contributed by atoms with van der Waals surface area (Å²) in [5.41, 5.74) is -0.0505. The molecule has 0 radical (unpaired) electrons. The van der Waals surface area contributed by atoms with Crippen molar-refractivity contribution in [2.45, 2.75) is 12.3 Å². The summed E-state index contributed by atoms with van der Waals surface area (Å²) in [5.74, 6) is -0.688. The number of ether oxygens (including phenoxy) is 1. The van der Waals surface area contributed by atoms with E-state index in [4.69, 9.17) is 4.42 Å². The van der Waals surface area contributed by atoms with Crippen molar-refractivity contribution in [2.24, 2.45) is 0 Å². The second kappa shape index (κ2) is 4.95. The SMILES string of the molecule is CCOC(=O)c1ccc(CBr)c(=O)o1. The van der Waals surface area contributed by atoms with Crippen LogP contribution < -0.4 is 5.63 Å². The molecule has 1 heterocycles. The lowest BCUT2D eigenvalue weighted by atomic mass is 10.3. The molecule has 0 fully saturated rings. The average Bonchev–Trinajstić information content (AvgIpc) is 2.18. The quantitative estimate of drug-likeness (QED) is 0.614. The summed E-state index contributed by atoms with van der Waals surface area (Å²) in [6.07, 6.45) is 0. The first-order chi connectivity index (χ1) is 6.69. The number of hydrogen-bond acceptors (Lipinski definition) is 4. The van der Waals surface area contributed by atoms with E-state index in [1.165, 1.54) is 12.1 Å². The molecule has 1 rings (SSSR count). The van der Waals surface area contributed by atoms with Crippen LogP contribution in [0, 0.1) is 0 Å². The Morgan fingerprint density at radius 1 is 1.57 bits per heavy atom. The first-order valence-electron chi connectivity index (χ1n) is 4.05. The van der Waals surface area contributed by atoms with Gasteiger partial charge in [0.25, 0.3) is 0 Å². The largest absolute Gasteiger partial charge is 0.460 e. The first kappa shape index (κ1) is 11.0. The van der Waals surface area contributed by atoms with Gasteiger partial charge in [0.05, 0.1) is 6.61 Å². The Bertz CT molecular complexity index is 383. The molecule has 0 aliphatic carbocycles. The normalized spacial score (nSPS) is 9.86. The van der Waals surface area contributed by atoms with Crippen LogP contribution in [0.4, 0.5) is 0 Å². The average molecular weight is 261 g/mol. The smallest absolute Gasteiger partial charge is 0.374 e. The predicted octanol–water partition coefficient (Wildman–Crippen LogP) is 1.71. The van der Waals surface area contributed by atoms with Crippen molar-refractivity contribution in [2.75, 3.05) is 6.61 Å². The van der Waals surface area contributed by atoms with Crippen LogP contribution >= 0.6 is 15.9 Å². The van der Waals surface area contributed by atoms with Gasteiger partial charge in [0.15, 0.2) is 0 Å². The van der Waals surface area contributed by atoms with Crippen LogP contribution in [-0.4, -0.2) is 12.6 Å². The zero-order valence-corrected chi connectivity index (χ0v) is 9.17. The molecule has 0 spiro atoms. The zero-order chi connectivity index (χ0) is 10.6. The lowest BCUT2D eigenvalue weighted by Crippen LogP contribution is -2.11. The van der Waals surface area contributed by atoms with Gasteiger partial charge in [-0.1, -0.05) is 15.9 Å². The van der Waals surface area contributed by atoms with Gasteiger partial charge in [0.1, 0.15) is 0 Å². The lowest BCUT2D eigenvalue weighted by molar-refractivity contribution is 0.0484. The van der Waals surface area contributed by atoms with Crippen LogP contribution in [0.15, 0.2) is 21.3 Å². The number of carbonyl (C=O) groups excluding carboxylic acids is 1. The molecule has 14 heavy (non-hydrogen) atoms. The Morgan fingerprint density at radius 2 is 2.29 bits per heavy atom. The van der Waals surface area contributed by atoms with Crippen LogP contribution in [0.3, 0.4) is 0 Å². The summed E-state index contributed by atoms with van der Waals surface area (Å²) in [6.45, 7) is 1.94. The molecule has 0 saturated carbocycles. The molecule has 0 bridgehead atoms. The topological polar surface area (TPSA) is 56.5 Å². The summed E-state index contributed by atoms with van der Waals surface area (Å²) < 4.78 is 9.43. The van der Waals surface area contributed by atoms with E-state index >= 15 is 0 Å². The second-order valence-electron chi connectivity index (χ2n) is 2.47. The fourth-order valence-electron chi connectivity index (χ4n) is 0.855. The van der Waals surface area contributed by atoms with Gasteiger partial charge in [-0.05, 0) is 19.1 Å². The molecule has 0 amide bonds. The number of halogens is 1. The van der Waals surface area contributed by atoms with Crippen molar-refractivity contribution >= 4 is 21.9 Å². The maximum atomic E-state index is 11.2.